The van der Waals surface area contributed by atoms with Crippen molar-refractivity contribution in [3.05, 3.63) is 523 Å². The Morgan fingerprint density at radius 2 is 0.802 bits per heavy atom. The molecule has 0 saturated heterocycles. The molecule has 0 aliphatic heterocycles. The lowest BCUT2D eigenvalue weighted by Crippen LogP contribution is -1.78. The highest BCUT2D eigenvalue weighted by atomic mass is 32.1. The normalized spacial score (nSPS) is 8.76. The van der Waals surface area contributed by atoms with Crippen molar-refractivity contribution in [1.29, 1.82) is 0 Å². The third kappa shape index (κ3) is 58.7. The average Bonchev–Trinajstić information content (AvgIpc) is 1.85. The summed E-state index contributed by atoms with van der Waals surface area (Å²) in [5.74, 6) is 0. The van der Waals surface area contributed by atoms with E-state index in [0.717, 1.165) is 22.1 Å². The van der Waals surface area contributed by atoms with Gasteiger partial charge in [0.15, 0.2) is 6.39 Å². The van der Waals surface area contributed by atoms with Crippen molar-refractivity contribution in [2.24, 2.45) is 0 Å². The molecule has 22 heterocycles. The van der Waals surface area contributed by atoms with E-state index in [1.807, 2.05) is 186 Å². The molecule has 4 aromatic carbocycles. The number of hydrogen-bond acceptors (Lipinski definition) is 29. The van der Waals surface area contributed by atoms with E-state index in [9.17, 15) is 0 Å². The second-order valence-electron chi connectivity index (χ2n) is 22.7. The van der Waals surface area contributed by atoms with E-state index in [2.05, 4.69) is 220 Å². The number of imidazole rings is 3. The topological polar surface area (TPSA) is 392 Å². The number of furan rings is 1. The Morgan fingerprint density at radius 1 is 0.252 bits per heavy atom. The molecule has 0 unspecified atom stereocenters. The molecule has 26 aromatic rings. The van der Waals surface area contributed by atoms with Gasteiger partial charge in [-0.2, -0.15) is 16.4 Å². The zero-order chi connectivity index (χ0) is 91.3. The molecule has 0 bridgehead atoms. The zero-order valence-electron chi connectivity index (χ0n) is 70.3. The van der Waals surface area contributed by atoms with Crippen LogP contribution < -0.4 is 0 Å². The summed E-state index contributed by atoms with van der Waals surface area (Å²) >= 11 is 10.2. The number of H-pyrrole nitrogens is 6. The van der Waals surface area contributed by atoms with Crippen LogP contribution in [0, 0.1) is 0 Å². The van der Waals surface area contributed by atoms with Crippen LogP contribution in [0.5, 0.6) is 0 Å². The van der Waals surface area contributed by atoms with Gasteiger partial charge in [0.25, 0.3) is 0 Å². The van der Waals surface area contributed by atoms with Gasteiger partial charge in [0, 0.05) is 210 Å². The Hall–Kier alpha value is -17.0. The number of benzene rings is 4. The van der Waals surface area contributed by atoms with E-state index >= 15 is 0 Å². The summed E-state index contributed by atoms with van der Waals surface area (Å²) in [4.78, 5) is 78.6. The molecule has 660 valence electrons. The number of hydrogen-bond donors (Lipinski definition) is 6. The fraction of sp³-hybridized carbons (Fsp3) is 0. The van der Waals surface area contributed by atoms with Gasteiger partial charge in [-0.15, -0.1) is 45.3 Å². The number of aromatic amines is 6. The molecule has 0 atom stereocenters. The monoisotopic (exact) mass is 1850 g/mol. The number of nitrogens with one attached hydrogen (secondary N) is 6. The molecule has 0 spiro atoms. The largest absolute Gasteiger partial charge is 0.473 e. The second-order valence-corrected chi connectivity index (χ2v) is 27.8. The van der Waals surface area contributed by atoms with E-state index in [1.54, 1.807) is 285 Å². The molecule has 0 fully saturated rings. The maximum Gasteiger partial charge on any atom is 0.180 e. The fourth-order valence-corrected chi connectivity index (χ4v) is 11.9. The standard InChI is InChI=1S/C8H6N2.C8H7N.C8H6S.C7H6N2.C6H4S2.2C5H5N.4C4H4N2.C4H5N.C4H4O.C4H4S.3C3H4N2.2C3H3NO.2C3H3NS/c1-2-4-8-7(3-1)9-5-6-10-8;2*1-2-4-8-7(3-1)5-6-9-8;1-2-4-7-6(3-1)8-5-9-7;1-3-7-6-2-4-8-5(1)6;2*1-2-4-6-5-3-1;2*1-2-6-4-3-5-1;2*1-2-5-4-6-3-1;3*1-2-4-5-3-1;2*1-2-5-3-4-1;1-2-4-5-3-1;1-2-5-3-4-1;1-2-4-5-3-1;1-2-5-3-4-1;1-2-4-5-3-1/h1-6H;1-6,9H;1-6H;1-5H,(H,8,9);1-4H;2*1-5H;4*1-4H;1-5H;2*1-4H;3*1-3H,(H,4,5);4*1-3H. The first kappa shape index (κ1) is 103. The number of oxazole rings is 1. The molecule has 0 saturated carbocycles. The summed E-state index contributed by atoms with van der Waals surface area (Å²) in [6.45, 7) is 0. The molecule has 0 aliphatic carbocycles. The third-order valence-electron chi connectivity index (χ3n) is 13.6. The van der Waals surface area contributed by atoms with Crippen LogP contribution in [0.4, 0.5) is 0 Å². The van der Waals surface area contributed by atoms with Crippen molar-refractivity contribution in [2.75, 3.05) is 0 Å². The first-order chi connectivity index (χ1) is 65.3. The van der Waals surface area contributed by atoms with E-state index in [0.29, 0.717) is 0 Å². The van der Waals surface area contributed by atoms with Crippen molar-refractivity contribution in [3.8, 4) is 0 Å². The predicted octanol–water partition coefficient (Wildman–Crippen LogP) is 24.2. The molecule has 22 aromatic heterocycles. The lowest BCUT2D eigenvalue weighted by Gasteiger charge is -1.90. The highest BCUT2D eigenvalue weighted by Gasteiger charge is 1.93. The van der Waals surface area contributed by atoms with Crippen LogP contribution in [0.3, 0.4) is 0 Å². The summed E-state index contributed by atoms with van der Waals surface area (Å²) in [5.41, 5.74) is 7.02. The van der Waals surface area contributed by atoms with Gasteiger partial charge in [-0.3, -0.25) is 50.0 Å². The van der Waals surface area contributed by atoms with Gasteiger partial charge in [-0.25, -0.2) is 44.2 Å². The molecule has 6 N–H and O–H groups in total. The number of para-hydroxylation sites is 5. The van der Waals surface area contributed by atoms with Crippen molar-refractivity contribution < 1.29 is 13.4 Å². The van der Waals surface area contributed by atoms with Gasteiger partial charge in [-0.05, 0) is 189 Å². The van der Waals surface area contributed by atoms with E-state index in [4.69, 9.17) is 0 Å². The predicted molar refractivity (Wildman–Crippen MR) is 529 cm³/mol. The molecule has 0 radical (unpaired) electrons. The van der Waals surface area contributed by atoms with Gasteiger partial charge in [-0.1, -0.05) is 90.1 Å². The summed E-state index contributed by atoms with van der Waals surface area (Å²) < 4.78 is 21.3. The fourth-order valence-electron chi connectivity index (χ4n) is 8.11. The molecule has 131 heavy (non-hydrogen) atoms. The van der Waals surface area contributed by atoms with E-state index < -0.39 is 0 Å². The minimum atomic E-state index is 0.949. The number of aromatic nitrogens is 26. The van der Waals surface area contributed by atoms with E-state index in [-0.39, 0.29) is 0 Å². The Balaban J connectivity index is 0.000000213. The lowest BCUT2D eigenvalue weighted by molar-refractivity contribution is 0.420. The number of pyridine rings is 2. The number of rotatable bonds is 0. The van der Waals surface area contributed by atoms with Crippen molar-refractivity contribution in [3.63, 3.8) is 0 Å². The van der Waals surface area contributed by atoms with Crippen LogP contribution in [0.25, 0.3) is 52.5 Å². The Kier molecular flexibility index (Phi) is 62.0. The minimum absolute atomic E-state index is 0.949. The Bertz CT molecular complexity index is 4960. The van der Waals surface area contributed by atoms with Gasteiger partial charge in [0.05, 0.1) is 71.5 Å². The van der Waals surface area contributed by atoms with E-state index in [1.165, 1.54) is 73.5 Å². The average molecular weight is 1850 g/mol. The zero-order valence-corrected chi connectivity index (χ0v) is 75.2. The number of nitrogens with zero attached hydrogens (tertiary/aromatic N) is 20. The molecular formula is C96H92N26O3S6. The summed E-state index contributed by atoms with van der Waals surface area (Å²) in [6, 6.07) is 72.9. The molecular weight excluding hydrogens is 1760 g/mol. The first-order valence-corrected chi connectivity index (χ1v) is 44.2. The first-order valence-electron chi connectivity index (χ1n) is 38.9. The number of thiophene rings is 4. The van der Waals surface area contributed by atoms with Crippen LogP contribution in [0.1, 0.15) is 0 Å². The minimum Gasteiger partial charge on any atom is -0.473 e. The maximum absolute atomic E-state index is 4.58. The SMILES string of the molecule is c1c[nH]cn1.c1c[nH]cn1.c1cc2sccc2s1.c1cc[nH]c1.c1ccc2[nH]ccc2c1.c1ccc2[nH]cnc2c1.c1ccc2nccnc2c1.c1ccc2sccc2c1.c1ccncc1.c1ccncc1.c1ccoc1.c1ccsc1.c1cn[nH]c1.c1cnccn1.c1cnccn1.c1cncnc1.c1cncnc1.c1cnoc1.c1cnsc1.c1cocn1.c1cscn1. The van der Waals surface area contributed by atoms with Crippen molar-refractivity contribution >= 4 is 121 Å². The molecule has 0 amide bonds. The Morgan fingerprint density at radius 3 is 1.12 bits per heavy atom. The highest BCUT2D eigenvalue weighted by molar-refractivity contribution is 7.25. The van der Waals surface area contributed by atoms with Crippen LogP contribution in [-0.2, 0) is 0 Å². The van der Waals surface area contributed by atoms with Crippen molar-refractivity contribution in [1.82, 2.24) is 129 Å². The second kappa shape index (κ2) is 79.0. The third-order valence-corrected chi connectivity index (χ3v) is 18.1. The lowest BCUT2D eigenvalue weighted by atomic mass is 10.3. The van der Waals surface area contributed by atoms with Crippen molar-refractivity contribution in [2.45, 2.75) is 0 Å². The maximum atomic E-state index is 4.58. The van der Waals surface area contributed by atoms with Gasteiger partial charge in [0.1, 0.15) is 25.2 Å². The van der Waals surface area contributed by atoms with Gasteiger partial charge >= 0.3 is 0 Å². The molecule has 0 aliphatic rings. The summed E-state index contributed by atoms with van der Waals surface area (Å²) in [7, 11) is 0. The smallest absolute Gasteiger partial charge is 0.180 e. The van der Waals surface area contributed by atoms with Gasteiger partial charge in [0.2, 0.25) is 0 Å². The molecule has 26 rings (SSSR count). The van der Waals surface area contributed by atoms with Gasteiger partial charge < -0.3 is 38.3 Å². The van der Waals surface area contributed by atoms with Crippen LogP contribution >= 0.6 is 68.2 Å². The quantitative estimate of drug-likeness (QED) is 0.0821. The van der Waals surface area contributed by atoms with Crippen LogP contribution in [-0.4, -0.2) is 129 Å². The Labute approximate surface area is 780 Å². The van der Waals surface area contributed by atoms with Crippen LogP contribution in [0.15, 0.2) is 536 Å². The number of thiazole rings is 1. The molecule has 35 heteroatoms. The highest BCUT2D eigenvalue weighted by Crippen LogP contribution is 2.25. The van der Waals surface area contributed by atoms with Crippen LogP contribution in [0.2, 0.25) is 0 Å². The summed E-state index contributed by atoms with van der Waals surface area (Å²) in [6.07, 6.45) is 68.6. The molecule has 29 nitrogen and oxygen atoms in total. The summed E-state index contributed by atoms with van der Waals surface area (Å²) in [5, 5.41) is 26.5. The number of fused-ring (bicyclic) bond motifs is 5.